The van der Waals surface area contributed by atoms with Gasteiger partial charge >= 0.3 is 6.18 Å². The lowest BCUT2D eigenvalue weighted by Crippen LogP contribution is -2.05. The van der Waals surface area contributed by atoms with Crippen LogP contribution in [-0.4, -0.2) is 11.5 Å². The average molecular weight is 316 g/mol. The molecule has 1 aromatic heterocycles. The van der Waals surface area contributed by atoms with Gasteiger partial charge in [0.25, 0.3) is 0 Å². The molecular weight excluding hydrogens is 303 g/mol. The highest BCUT2D eigenvalue weighted by atomic mass is 35.5. The van der Waals surface area contributed by atoms with Crippen molar-refractivity contribution in [2.24, 2.45) is 0 Å². The highest BCUT2D eigenvalue weighted by molar-refractivity contribution is 6.33. The predicted octanol–water partition coefficient (Wildman–Crippen LogP) is 4.93. The second-order valence-electron chi connectivity index (χ2n) is 4.31. The van der Waals surface area contributed by atoms with Gasteiger partial charge in [0.05, 0.1) is 40.0 Å². The number of nitrogens with zero attached hydrogens (tertiary/aromatic N) is 1. The van der Waals surface area contributed by atoms with Gasteiger partial charge in [-0.25, -0.2) is 0 Å². The Balaban J connectivity index is 2.22. The Bertz CT molecular complexity index is 629. The van der Waals surface area contributed by atoms with E-state index in [4.69, 9.17) is 11.6 Å². The third kappa shape index (κ3) is 4.01. The number of halogens is 4. The van der Waals surface area contributed by atoms with Crippen LogP contribution in [0.15, 0.2) is 36.7 Å². The zero-order chi connectivity index (χ0) is 15.5. The lowest BCUT2D eigenvalue weighted by atomic mass is 10.2. The van der Waals surface area contributed by atoms with Crippen LogP contribution >= 0.6 is 11.6 Å². The molecule has 1 heterocycles. The normalized spacial score (nSPS) is 11.3. The number of pyridine rings is 1. The maximum absolute atomic E-state index is 12.6. The molecule has 0 fully saturated rings. The summed E-state index contributed by atoms with van der Waals surface area (Å²) in [4.78, 5) is 4.04. The van der Waals surface area contributed by atoms with Gasteiger partial charge in [-0.15, -0.1) is 0 Å². The van der Waals surface area contributed by atoms with Crippen LogP contribution < -0.4 is 10.6 Å². The van der Waals surface area contributed by atoms with E-state index in [-0.39, 0.29) is 5.02 Å². The number of hydrogen-bond donors (Lipinski definition) is 2. The van der Waals surface area contributed by atoms with Crippen LogP contribution in [-0.2, 0) is 6.18 Å². The Hall–Kier alpha value is -1.95. The minimum atomic E-state index is -4.41. The van der Waals surface area contributed by atoms with Crippen LogP contribution in [0.25, 0.3) is 0 Å². The van der Waals surface area contributed by atoms with Crippen LogP contribution in [0.2, 0.25) is 5.02 Å². The van der Waals surface area contributed by atoms with Gasteiger partial charge in [-0.2, -0.15) is 13.2 Å². The Morgan fingerprint density at radius 3 is 2.48 bits per heavy atom. The van der Waals surface area contributed by atoms with Gasteiger partial charge in [0, 0.05) is 6.54 Å². The van der Waals surface area contributed by atoms with Gasteiger partial charge in [-0.3, -0.25) is 4.98 Å². The molecule has 0 aliphatic rings. The van der Waals surface area contributed by atoms with Crippen LogP contribution in [0.5, 0.6) is 0 Å². The summed E-state index contributed by atoms with van der Waals surface area (Å²) >= 11 is 5.89. The van der Waals surface area contributed by atoms with Crippen molar-refractivity contribution in [2.75, 3.05) is 17.2 Å². The fourth-order valence-electron chi connectivity index (χ4n) is 1.76. The number of aromatic nitrogens is 1. The van der Waals surface area contributed by atoms with Crippen LogP contribution in [0, 0.1) is 0 Å². The summed E-state index contributed by atoms with van der Waals surface area (Å²) in [7, 11) is 0. The highest BCUT2D eigenvalue weighted by Gasteiger charge is 2.30. The molecule has 0 unspecified atom stereocenters. The summed E-state index contributed by atoms with van der Waals surface area (Å²) < 4.78 is 37.7. The smallest absolute Gasteiger partial charge is 0.384 e. The Labute approximate surface area is 125 Å². The lowest BCUT2D eigenvalue weighted by Gasteiger charge is -2.12. The zero-order valence-electron chi connectivity index (χ0n) is 11.1. The molecule has 3 nitrogen and oxygen atoms in total. The minimum Gasteiger partial charge on any atom is -0.384 e. The largest absolute Gasteiger partial charge is 0.416 e. The first-order valence-electron chi connectivity index (χ1n) is 6.23. The molecule has 0 saturated heterocycles. The van der Waals surface area contributed by atoms with Crippen molar-refractivity contribution in [3.05, 3.63) is 47.2 Å². The summed E-state index contributed by atoms with van der Waals surface area (Å²) in [5.41, 5.74) is 1.05. The standard InChI is InChI=1S/C14H13ClF3N3/c1-2-20-10-6-11(8-19-7-10)21-13-4-3-9(5-12(13)15)14(16,17)18/h3-8,20-21H,2H2,1H3. The Morgan fingerprint density at radius 1 is 1.14 bits per heavy atom. The third-order valence-corrected chi connectivity index (χ3v) is 3.01. The molecule has 0 spiro atoms. The van der Waals surface area contributed by atoms with Crippen molar-refractivity contribution in [2.45, 2.75) is 13.1 Å². The first-order valence-corrected chi connectivity index (χ1v) is 6.60. The molecule has 0 atom stereocenters. The molecule has 1 aromatic carbocycles. The van der Waals surface area contributed by atoms with E-state index >= 15 is 0 Å². The van der Waals surface area contributed by atoms with E-state index in [0.717, 1.165) is 24.4 Å². The summed E-state index contributed by atoms with van der Waals surface area (Å²) in [6.45, 7) is 2.69. The van der Waals surface area contributed by atoms with Gasteiger partial charge < -0.3 is 10.6 Å². The second-order valence-corrected chi connectivity index (χ2v) is 4.72. The van der Waals surface area contributed by atoms with Crippen molar-refractivity contribution in [3.8, 4) is 0 Å². The summed E-state index contributed by atoms with van der Waals surface area (Å²) in [6.07, 6.45) is -1.19. The molecule has 112 valence electrons. The van der Waals surface area contributed by atoms with Gasteiger partial charge in [-0.1, -0.05) is 11.6 Å². The average Bonchev–Trinajstić information content (AvgIpc) is 2.41. The molecule has 0 aliphatic heterocycles. The van der Waals surface area contributed by atoms with E-state index in [2.05, 4.69) is 15.6 Å². The third-order valence-electron chi connectivity index (χ3n) is 2.69. The van der Waals surface area contributed by atoms with Gasteiger partial charge in [0.15, 0.2) is 0 Å². The molecule has 0 radical (unpaired) electrons. The molecule has 2 aromatic rings. The Morgan fingerprint density at radius 2 is 1.86 bits per heavy atom. The zero-order valence-corrected chi connectivity index (χ0v) is 11.9. The van der Waals surface area contributed by atoms with Crippen molar-refractivity contribution >= 4 is 28.7 Å². The van der Waals surface area contributed by atoms with Gasteiger partial charge in [0.2, 0.25) is 0 Å². The van der Waals surface area contributed by atoms with Crippen LogP contribution in [0.1, 0.15) is 12.5 Å². The van der Waals surface area contributed by atoms with E-state index in [9.17, 15) is 13.2 Å². The lowest BCUT2D eigenvalue weighted by molar-refractivity contribution is -0.137. The van der Waals surface area contributed by atoms with Crippen molar-refractivity contribution in [1.29, 1.82) is 0 Å². The maximum Gasteiger partial charge on any atom is 0.416 e. The molecule has 21 heavy (non-hydrogen) atoms. The number of alkyl halides is 3. The van der Waals surface area contributed by atoms with E-state index in [1.807, 2.05) is 6.92 Å². The summed E-state index contributed by atoms with van der Waals surface area (Å²) in [5.74, 6) is 0. The van der Waals surface area contributed by atoms with Crippen molar-refractivity contribution in [1.82, 2.24) is 4.98 Å². The fraction of sp³-hybridized carbons (Fsp3) is 0.214. The molecular formula is C14H13ClF3N3. The second kappa shape index (κ2) is 6.22. The van der Waals surface area contributed by atoms with Gasteiger partial charge in [-0.05, 0) is 31.2 Å². The maximum atomic E-state index is 12.6. The molecule has 2 N–H and O–H groups in total. The molecule has 0 saturated carbocycles. The minimum absolute atomic E-state index is 0.00122. The van der Waals surface area contributed by atoms with Crippen molar-refractivity contribution < 1.29 is 13.2 Å². The predicted molar refractivity (Wildman–Crippen MR) is 78.1 cm³/mol. The van der Waals surface area contributed by atoms with E-state index in [1.165, 1.54) is 6.07 Å². The monoisotopic (exact) mass is 315 g/mol. The number of anilines is 3. The fourth-order valence-corrected chi connectivity index (χ4v) is 1.99. The molecule has 7 heteroatoms. The number of nitrogens with one attached hydrogen (secondary N) is 2. The van der Waals surface area contributed by atoms with E-state index < -0.39 is 11.7 Å². The van der Waals surface area contributed by atoms with E-state index in [0.29, 0.717) is 11.4 Å². The van der Waals surface area contributed by atoms with Crippen molar-refractivity contribution in [3.63, 3.8) is 0 Å². The molecule has 0 amide bonds. The quantitative estimate of drug-likeness (QED) is 0.840. The number of benzene rings is 1. The van der Waals surface area contributed by atoms with Crippen LogP contribution in [0.3, 0.4) is 0 Å². The van der Waals surface area contributed by atoms with Crippen LogP contribution in [0.4, 0.5) is 30.2 Å². The summed E-state index contributed by atoms with van der Waals surface area (Å²) in [6, 6.07) is 4.97. The summed E-state index contributed by atoms with van der Waals surface area (Å²) in [5, 5.41) is 6.04. The number of rotatable bonds is 4. The van der Waals surface area contributed by atoms with Gasteiger partial charge in [0.1, 0.15) is 0 Å². The molecule has 2 rings (SSSR count). The molecule has 0 aliphatic carbocycles. The van der Waals surface area contributed by atoms with E-state index in [1.54, 1.807) is 18.5 Å². The topological polar surface area (TPSA) is 37.0 Å². The first kappa shape index (κ1) is 15.4. The first-order chi connectivity index (χ1) is 9.90. The SMILES string of the molecule is CCNc1cncc(Nc2ccc(C(F)(F)F)cc2Cl)c1. The highest BCUT2D eigenvalue weighted by Crippen LogP contribution is 2.34. The Kier molecular flexibility index (Phi) is 4.57. The molecule has 0 bridgehead atoms. The number of hydrogen-bond acceptors (Lipinski definition) is 3.